The highest BCUT2D eigenvalue weighted by Crippen LogP contribution is 2.24. The van der Waals surface area contributed by atoms with E-state index in [0.717, 1.165) is 5.69 Å². The number of carbonyl (C=O) groups is 1. The molecule has 1 aliphatic heterocycles. The Bertz CT molecular complexity index is 820. The Morgan fingerprint density at radius 1 is 1.21 bits per heavy atom. The van der Waals surface area contributed by atoms with E-state index in [2.05, 4.69) is 4.98 Å². The van der Waals surface area contributed by atoms with Gasteiger partial charge in [0, 0.05) is 25.4 Å². The second kappa shape index (κ2) is 6.60. The van der Waals surface area contributed by atoms with Gasteiger partial charge in [-0.3, -0.25) is 14.1 Å². The first-order valence-electron chi connectivity index (χ1n) is 7.73. The zero-order valence-corrected chi connectivity index (χ0v) is 14.2. The lowest BCUT2D eigenvalue weighted by molar-refractivity contribution is 0.0783. The molecule has 0 bridgehead atoms. The fourth-order valence-electron chi connectivity index (χ4n) is 2.73. The summed E-state index contributed by atoms with van der Waals surface area (Å²) in [6, 6.07) is 12.3. The van der Waals surface area contributed by atoms with Gasteiger partial charge in [0.25, 0.3) is 5.91 Å². The van der Waals surface area contributed by atoms with Gasteiger partial charge in [-0.1, -0.05) is 6.07 Å². The Kier molecular flexibility index (Phi) is 4.53. The summed E-state index contributed by atoms with van der Waals surface area (Å²) >= 11 is 0. The third kappa shape index (κ3) is 3.41. The highest BCUT2D eigenvalue weighted by atomic mass is 32.2. The number of hydrogen-bond acceptors (Lipinski definition) is 4. The molecule has 24 heavy (non-hydrogen) atoms. The Balaban J connectivity index is 1.72. The van der Waals surface area contributed by atoms with Crippen molar-refractivity contribution >= 4 is 21.6 Å². The Morgan fingerprint density at radius 3 is 2.54 bits per heavy atom. The molecule has 1 aromatic heterocycles. The van der Waals surface area contributed by atoms with Crippen molar-refractivity contribution in [3.8, 4) is 0 Å². The van der Waals surface area contributed by atoms with Crippen LogP contribution in [0, 0.1) is 0 Å². The van der Waals surface area contributed by atoms with E-state index in [1.807, 2.05) is 18.2 Å². The van der Waals surface area contributed by atoms with E-state index in [-0.39, 0.29) is 11.7 Å². The van der Waals surface area contributed by atoms with E-state index < -0.39 is 10.0 Å². The zero-order chi connectivity index (χ0) is 17.2. The van der Waals surface area contributed by atoms with Crippen molar-refractivity contribution in [3.63, 3.8) is 0 Å². The van der Waals surface area contributed by atoms with Gasteiger partial charge in [-0.25, -0.2) is 8.42 Å². The number of benzene rings is 1. The second-order valence-electron chi connectivity index (χ2n) is 5.77. The van der Waals surface area contributed by atoms with Crippen LogP contribution in [0.5, 0.6) is 0 Å². The number of sulfonamides is 1. The number of amides is 1. The van der Waals surface area contributed by atoms with Crippen LogP contribution in [-0.2, 0) is 16.6 Å². The molecule has 6 nitrogen and oxygen atoms in total. The van der Waals surface area contributed by atoms with E-state index in [0.29, 0.717) is 30.8 Å². The third-order valence-corrected chi connectivity index (χ3v) is 5.84. The van der Waals surface area contributed by atoms with Gasteiger partial charge < -0.3 is 4.90 Å². The molecule has 0 saturated carbocycles. The Hall–Kier alpha value is -2.41. The molecule has 3 rings (SSSR count). The number of anilines is 1. The summed E-state index contributed by atoms with van der Waals surface area (Å²) in [4.78, 5) is 18.3. The number of rotatable bonds is 4. The number of aromatic nitrogens is 1. The number of hydrogen-bond donors (Lipinski definition) is 0. The molecule has 0 radical (unpaired) electrons. The number of pyridine rings is 1. The lowest BCUT2D eigenvalue weighted by atomic mass is 10.1. The van der Waals surface area contributed by atoms with Crippen LogP contribution >= 0.6 is 0 Å². The first-order chi connectivity index (χ1) is 11.5. The SMILES string of the molecule is CN(Cc1ccccn1)C(=O)c1ccc(N2CCCS2(=O)=O)cc1. The van der Waals surface area contributed by atoms with Crippen LogP contribution in [0.3, 0.4) is 0 Å². The van der Waals surface area contributed by atoms with Gasteiger partial charge in [0.05, 0.1) is 23.7 Å². The third-order valence-electron chi connectivity index (χ3n) is 3.97. The monoisotopic (exact) mass is 345 g/mol. The molecule has 1 fully saturated rings. The second-order valence-corrected chi connectivity index (χ2v) is 7.78. The summed E-state index contributed by atoms with van der Waals surface area (Å²) in [5.41, 5.74) is 1.94. The lowest BCUT2D eigenvalue weighted by Crippen LogP contribution is -2.27. The van der Waals surface area contributed by atoms with Gasteiger partial charge in [0.1, 0.15) is 0 Å². The van der Waals surface area contributed by atoms with Gasteiger partial charge in [-0.15, -0.1) is 0 Å². The molecule has 1 aliphatic rings. The highest BCUT2D eigenvalue weighted by molar-refractivity contribution is 7.93. The van der Waals surface area contributed by atoms with Gasteiger partial charge in [0.15, 0.2) is 0 Å². The van der Waals surface area contributed by atoms with Crippen molar-refractivity contribution < 1.29 is 13.2 Å². The molecule has 1 saturated heterocycles. The van der Waals surface area contributed by atoms with E-state index >= 15 is 0 Å². The molecule has 2 heterocycles. The normalized spacial score (nSPS) is 16.1. The van der Waals surface area contributed by atoms with E-state index in [1.54, 1.807) is 42.4 Å². The summed E-state index contributed by atoms with van der Waals surface area (Å²) in [7, 11) is -1.48. The molecule has 1 aromatic carbocycles. The molecule has 1 amide bonds. The molecular formula is C17H19N3O3S. The summed E-state index contributed by atoms with van der Waals surface area (Å²) in [6.45, 7) is 0.914. The van der Waals surface area contributed by atoms with E-state index in [9.17, 15) is 13.2 Å². The Labute approximate surface area is 141 Å². The summed E-state index contributed by atoms with van der Waals surface area (Å²) in [5.74, 6) is 0.0528. The molecule has 0 atom stereocenters. The van der Waals surface area contributed by atoms with Gasteiger partial charge >= 0.3 is 0 Å². The molecule has 2 aromatic rings. The first kappa shape index (κ1) is 16.4. The van der Waals surface area contributed by atoms with Crippen molar-refractivity contribution in [2.45, 2.75) is 13.0 Å². The molecule has 126 valence electrons. The lowest BCUT2D eigenvalue weighted by Gasteiger charge is -2.19. The van der Waals surface area contributed by atoms with Crippen LogP contribution < -0.4 is 4.31 Å². The highest BCUT2D eigenvalue weighted by Gasteiger charge is 2.28. The predicted octanol–water partition coefficient (Wildman–Crippen LogP) is 1.89. The first-order valence-corrected chi connectivity index (χ1v) is 9.34. The van der Waals surface area contributed by atoms with Crippen LogP contribution in [0.15, 0.2) is 48.7 Å². The quantitative estimate of drug-likeness (QED) is 0.848. The van der Waals surface area contributed by atoms with E-state index in [1.165, 1.54) is 4.31 Å². The van der Waals surface area contributed by atoms with Crippen molar-refractivity contribution in [3.05, 3.63) is 59.9 Å². The largest absolute Gasteiger partial charge is 0.336 e. The maximum Gasteiger partial charge on any atom is 0.253 e. The van der Waals surface area contributed by atoms with Crippen molar-refractivity contribution in [1.29, 1.82) is 0 Å². The predicted molar refractivity (Wildman–Crippen MR) is 92.2 cm³/mol. The van der Waals surface area contributed by atoms with Gasteiger partial charge in [0.2, 0.25) is 10.0 Å². The molecule has 0 N–H and O–H groups in total. The summed E-state index contributed by atoms with van der Waals surface area (Å²) in [5, 5.41) is 0. The molecular weight excluding hydrogens is 326 g/mol. The van der Waals surface area contributed by atoms with Crippen LogP contribution in [0.25, 0.3) is 0 Å². The number of carbonyl (C=O) groups excluding carboxylic acids is 1. The fraction of sp³-hybridized carbons (Fsp3) is 0.294. The maximum atomic E-state index is 12.5. The minimum absolute atomic E-state index is 0.128. The Morgan fingerprint density at radius 2 is 1.96 bits per heavy atom. The zero-order valence-electron chi connectivity index (χ0n) is 13.4. The van der Waals surface area contributed by atoms with Gasteiger partial charge in [-0.05, 0) is 42.8 Å². The van der Waals surface area contributed by atoms with Crippen molar-refractivity contribution in [2.75, 3.05) is 23.7 Å². The standard InChI is InChI=1S/C17H19N3O3S/c1-19(13-15-5-2-3-10-18-15)17(21)14-6-8-16(9-7-14)20-11-4-12-24(20,22)23/h2-3,5-10H,4,11-13H2,1H3. The van der Waals surface area contributed by atoms with Crippen LogP contribution in [0.2, 0.25) is 0 Å². The van der Waals surface area contributed by atoms with Gasteiger partial charge in [-0.2, -0.15) is 0 Å². The van der Waals surface area contributed by atoms with Crippen LogP contribution in [0.1, 0.15) is 22.5 Å². The minimum atomic E-state index is -3.20. The average Bonchev–Trinajstić information content (AvgIpc) is 2.94. The topological polar surface area (TPSA) is 70.6 Å². The smallest absolute Gasteiger partial charge is 0.253 e. The maximum absolute atomic E-state index is 12.5. The van der Waals surface area contributed by atoms with E-state index in [4.69, 9.17) is 0 Å². The molecule has 7 heteroatoms. The van der Waals surface area contributed by atoms with Crippen molar-refractivity contribution in [1.82, 2.24) is 9.88 Å². The molecule has 0 aliphatic carbocycles. The minimum Gasteiger partial charge on any atom is -0.336 e. The van der Waals surface area contributed by atoms with Crippen LogP contribution in [-0.4, -0.2) is 43.6 Å². The van der Waals surface area contributed by atoms with Crippen molar-refractivity contribution in [2.24, 2.45) is 0 Å². The van der Waals surface area contributed by atoms with Crippen LogP contribution in [0.4, 0.5) is 5.69 Å². The summed E-state index contributed by atoms with van der Waals surface area (Å²) in [6.07, 6.45) is 2.33. The fourth-order valence-corrected chi connectivity index (χ4v) is 4.29. The average molecular weight is 345 g/mol. The molecule has 0 spiro atoms. The number of nitrogens with zero attached hydrogens (tertiary/aromatic N) is 3. The molecule has 0 unspecified atom stereocenters. The summed E-state index contributed by atoms with van der Waals surface area (Å²) < 4.78 is 25.3.